The van der Waals surface area contributed by atoms with E-state index in [9.17, 15) is 18.0 Å². The summed E-state index contributed by atoms with van der Waals surface area (Å²) < 4.78 is 40.9. The lowest BCUT2D eigenvalue weighted by atomic mass is 10.2. The lowest BCUT2D eigenvalue weighted by Gasteiger charge is -2.08. The average molecular weight is 284 g/mol. The first kappa shape index (κ1) is 12.0. The minimum absolute atomic E-state index is 0.183. The van der Waals surface area contributed by atoms with Gasteiger partial charge in [-0.05, 0) is 6.07 Å². The van der Waals surface area contributed by atoms with Crippen molar-refractivity contribution < 1.29 is 22.7 Å². The SMILES string of the molecule is COC(=O)c1cc(Br)c(C(F)(F)F)cn1. The Morgan fingerprint density at radius 2 is 2.13 bits per heavy atom. The molecule has 0 aromatic carbocycles. The van der Waals surface area contributed by atoms with Gasteiger partial charge in [0.2, 0.25) is 0 Å². The van der Waals surface area contributed by atoms with E-state index in [1.54, 1.807) is 0 Å². The van der Waals surface area contributed by atoms with Crippen LogP contribution in [-0.2, 0) is 10.9 Å². The topological polar surface area (TPSA) is 39.2 Å². The molecule has 1 rings (SSSR count). The first-order valence-corrected chi connectivity index (χ1v) is 4.46. The predicted octanol–water partition coefficient (Wildman–Crippen LogP) is 2.65. The van der Waals surface area contributed by atoms with E-state index < -0.39 is 17.7 Å². The molecule has 0 aliphatic heterocycles. The quantitative estimate of drug-likeness (QED) is 0.744. The summed E-state index contributed by atoms with van der Waals surface area (Å²) in [5.74, 6) is -0.788. The number of hydrogen-bond donors (Lipinski definition) is 0. The zero-order valence-corrected chi connectivity index (χ0v) is 9.02. The zero-order chi connectivity index (χ0) is 11.6. The average Bonchev–Trinajstić information content (AvgIpc) is 2.14. The largest absolute Gasteiger partial charge is 0.464 e. The minimum Gasteiger partial charge on any atom is -0.464 e. The number of hydrogen-bond acceptors (Lipinski definition) is 3. The van der Waals surface area contributed by atoms with Gasteiger partial charge in [-0.1, -0.05) is 15.9 Å². The maximum atomic E-state index is 12.3. The van der Waals surface area contributed by atoms with Crippen molar-refractivity contribution >= 4 is 21.9 Å². The number of carbonyl (C=O) groups is 1. The van der Waals surface area contributed by atoms with Crippen LogP contribution < -0.4 is 0 Å². The summed E-state index contributed by atoms with van der Waals surface area (Å²) in [5.41, 5.74) is -1.12. The van der Waals surface area contributed by atoms with Crippen LogP contribution in [0.15, 0.2) is 16.7 Å². The number of carbonyl (C=O) groups excluding carboxylic acids is 1. The Morgan fingerprint density at radius 3 is 2.53 bits per heavy atom. The van der Waals surface area contributed by atoms with E-state index in [0.29, 0.717) is 6.20 Å². The molecule has 0 unspecified atom stereocenters. The highest BCUT2D eigenvalue weighted by Crippen LogP contribution is 2.34. The predicted molar refractivity (Wildman–Crippen MR) is 48.3 cm³/mol. The van der Waals surface area contributed by atoms with Gasteiger partial charge in [0, 0.05) is 10.7 Å². The number of aromatic nitrogens is 1. The highest BCUT2D eigenvalue weighted by atomic mass is 79.9. The Morgan fingerprint density at radius 1 is 1.53 bits per heavy atom. The van der Waals surface area contributed by atoms with Crippen molar-refractivity contribution in [2.45, 2.75) is 6.18 Å². The Kier molecular flexibility index (Phi) is 3.33. The van der Waals surface area contributed by atoms with Gasteiger partial charge >= 0.3 is 12.1 Å². The number of pyridine rings is 1. The van der Waals surface area contributed by atoms with Crippen molar-refractivity contribution in [1.29, 1.82) is 0 Å². The fraction of sp³-hybridized carbons (Fsp3) is 0.250. The van der Waals surface area contributed by atoms with Crippen molar-refractivity contribution in [3.63, 3.8) is 0 Å². The van der Waals surface area contributed by atoms with E-state index >= 15 is 0 Å². The third-order valence-corrected chi connectivity index (χ3v) is 2.21. The Labute approximate surface area is 91.4 Å². The van der Waals surface area contributed by atoms with E-state index in [1.165, 1.54) is 0 Å². The molecule has 15 heavy (non-hydrogen) atoms. The standard InChI is InChI=1S/C8H5BrF3NO2/c1-15-7(14)6-2-5(9)4(3-13-6)8(10,11)12/h2-3H,1H3. The Bertz CT molecular complexity index is 392. The third-order valence-electron chi connectivity index (χ3n) is 1.55. The van der Waals surface area contributed by atoms with Gasteiger partial charge in [-0.2, -0.15) is 13.2 Å². The molecule has 0 fully saturated rings. The number of rotatable bonds is 1. The minimum atomic E-state index is -4.50. The van der Waals surface area contributed by atoms with Crippen molar-refractivity contribution in [3.8, 4) is 0 Å². The van der Waals surface area contributed by atoms with Crippen LogP contribution in [0, 0.1) is 0 Å². The number of nitrogens with zero attached hydrogens (tertiary/aromatic N) is 1. The van der Waals surface area contributed by atoms with Crippen LogP contribution in [0.4, 0.5) is 13.2 Å². The molecule has 1 heterocycles. The summed E-state index contributed by atoms with van der Waals surface area (Å²) in [4.78, 5) is 14.3. The van der Waals surface area contributed by atoms with Crippen LogP contribution in [0.25, 0.3) is 0 Å². The molecule has 0 N–H and O–H groups in total. The van der Waals surface area contributed by atoms with E-state index in [-0.39, 0.29) is 10.2 Å². The molecule has 3 nitrogen and oxygen atoms in total. The van der Waals surface area contributed by atoms with Crippen LogP contribution in [-0.4, -0.2) is 18.1 Å². The number of methoxy groups -OCH3 is 1. The number of halogens is 4. The summed E-state index contributed by atoms with van der Waals surface area (Å²) in [6, 6.07) is 0.967. The van der Waals surface area contributed by atoms with Crippen LogP contribution in [0.3, 0.4) is 0 Å². The highest BCUT2D eigenvalue weighted by molar-refractivity contribution is 9.10. The molecule has 1 aromatic rings. The second-order valence-corrected chi connectivity index (χ2v) is 3.39. The zero-order valence-electron chi connectivity index (χ0n) is 7.43. The smallest absolute Gasteiger partial charge is 0.418 e. The van der Waals surface area contributed by atoms with Crippen LogP contribution in [0.1, 0.15) is 16.1 Å². The van der Waals surface area contributed by atoms with Gasteiger partial charge in [-0.3, -0.25) is 0 Å². The molecule has 0 saturated carbocycles. The monoisotopic (exact) mass is 283 g/mol. The molecule has 82 valence electrons. The molecule has 0 atom stereocenters. The maximum Gasteiger partial charge on any atom is 0.418 e. The maximum absolute atomic E-state index is 12.3. The molecule has 0 aliphatic rings. The Hall–Kier alpha value is -1.11. The van der Waals surface area contributed by atoms with E-state index in [4.69, 9.17) is 0 Å². The summed E-state index contributed by atoms with van der Waals surface area (Å²) in [6.07, 6.45) is -3.92. The highest BCUT2D eigenvalue weighted by Gasteiger charge is 2.33. The summed E-state index contributed by atoms with van der Waals surface area (Å²) in [6.45, 7) is 0. The Balaban J connectivity index is 3.15. The van der Waals surface area contributed by atoms with Gasteiger partial charge in [0.05, 0.1) is 12.7 Å². The first-order valence-electron chi connectivity index (χ1n) is 3.67. The molecular weight excluding hydrogens is 279 g/mol. The summed E-state index contributed by atoms with van der Waals surface area (Å²) >= 11 is 2.71. The van der Waals surface area contributed by atoms with Crippen molar-refractivity contribution in [1.82, 2.24) is 4.98 Å². The number of esters is 1. The van der Waals surface area contributed by atoms with Gasteiger partial charge in [0.15, 0.2) is 0 Å². The van der Waals surface area contributed by atoms with Gasteiger partial charge in [-0.25, -0.2) is 9.78 Å². The van der Waals surface area contributed by atoms with Crippen molar-refractivity contribution in [2.75, 3.05) is 7.11 Å². The fourth-order valence-electron chi connectivity index (χ4n) is 0.856. The summed E-state index contributed by atoms with van der Waals surface area (Å²) in [5, 5.41) is 0. The van der Waals surface area contributed by atoms with E-state index in [1.807, 2.05) is 0 Å². The van der Waals surface area contributed by atoms with E-state index in [2.05, 4.69) is 25.7 Å². The van der Waals surface area contributed by atoms with Gasteiger partial charge in [-0.15, -0.1) is 0 Å². The summed E-state index contributed by atoms with van der Waals surface area (Å²) in [7, 11) is 1.12. The van der Waals surface area contributed by atoms with Crippen LogP contribution >= 0.6 is 15.9 Å². The second kappa shape index (κ2) is 4.18. The molecule has 1 aromatic heterocycles. The second-order valence-electron chi connectivity index (χ2n) is 2.54. The number of alkyl halides is 3. The normalized spacial score (nSPS) is 11.3. The third kappa shape index (κ3) is 2.68. The first-order chi connectivity index (χ1) is 6.86. The van der Waals surface area contributed by atoms with Crippen molar-refractivity contribution in [3.05, 3.63) is 28.0 Å². The lowest BCUT2D eigenvalue weighted by Crippen LogP contribution is -2.10. The molecule has 7 heteroatoms. The number of ether oxygens (including phenoxy) is 1. The van der Waals surface area contributed by atoms with Crippen LogP contribution in [0.5, 0.6) is 0 Å². The molecule has 0 radical (unpaired) electrons. The molecule has 0 amide bonds. The van der Waals surface area contributed by atoms with E-state index in [0.717, 1.165) is 13.2 Å². The lowest BCUT2D eigenvalue weighted by molar-refractivity contribution is -0.138. The molecule has 0 spiro atoms. The van der Waals surface area contributed by atoms with Crippen molar-refractivity contribution in [2.24, 2.45) is 0 Å². The molecule has 0 aliphatic carbocycles. The van der Waals surface area contributed by atoms with Gasteiger partial charge in [0.1, 0.15) is 5.69 Å². The fourth-order valence-corrected chi connectivity index (χ4v) is 1.40. The van der Waals surface area contributed by atoms with Gasteiger partial charge in [0.25, 0.3) is 0 Å². The van der Waals surface area contributed by atoms with Gasteiger partial charge < -0.3 is 4.74 Å². The van der Waals surface area contributed by atoms with Crippen LogP contribution in [0.2, 0.25) is 0 Å². The molecular formula is C8H5BrF3NO2. The molecule has 0 bridgehead atoms. The molecule has 0 saturated heterocycles.